The van der Waals surface area contributed by atoms with Crippen LogP contribution in [0, 0.1) is 6.92 Å². The number of ether oxygens (including phenoxy) is 1. The Morgan fingerprint density at radius 3 is 2.58 bits per heavy atom. The summed E-state index contributed by atoms with van der Waals surface area (Å²) >= 11 is 5.85. The van der Waals surface area contributed by atoms with E-state index in [-0.39, 0.29) is 24.0 Å². The molecule has 2 aromatic carbocycles. The molecule has 0 aliphatic heterocycles. The molecular weight excluding hydrogens is 440 g/mol. The summed E-state index contributed by atoms with van der Waals surface area (Å²) in [4.78, 5) is 14.4. The molecule has 0 bridgehead atoms. The van der Waals surface area contributed by atoms with Crippen molar-refractivity contribution < 1.29 is 22.4 Å². The van der Waals surface area contributed by atoms with Crippen LogP contribution in [0.2, 0.25) is 5.02 Å². The molecule has 0 radical (unpaired) electrons. The molecule has 1 amide bonds. The summed E-state index contributed by atoms with van der Waals surface area (Å²) in [6.45, 7) is 2.40. The molecule has 0 fully saturated rings. The van der Waals surface area contributed by atoms with Gasteiger partial charge in [-0.2, -0.15) is 0 Å². The van der Waals surface area contributed by atoms with Crippen LogP contribution in [0.1, 0.15) is 21.7 Å². The van der Waals surface area contributed by atoms with Gasteiger partial charge in [0.25, 0.3) is 5.91 Å². The van der Waals surface area contributed by atoms with Crippen molar-refractivity contribution in [3.05, 3.63) is 82.8 Å². The van der Waals surface area contributed by atoms with E-state index in [0.29, 0.717) is 34.2 Å². The molecule has 7 nitrogen and oxygen atoms in total. The molecule has 1 aromatic heterocycles. The van der Waals surface area contributed by atoms with Gasteiger partial charge in [0.05, 0.1) is 24.2 Å². The Labute approximate surface area is 186 Å². The van der Waals surface area contributed by atoms with Gasteiger partial charge >= 0.3 is 0 Å². The molecule has 0 unspecified atom stereocenters. The summed E-state index contributed by atoms with van der Waals surface area (Å²) in [5.41, 5.74) is 0.996. The smallest absolute Gasteiger partial charge is 0.254 e. The highest BCUT2D eigenvalue weighted by molar-refractivity contribution is 7.89. The average molecular weight is 463 g/mol. The first-order chi connectivity index (χ1) is 14.8. The first kappa shape index (κ1) is 22.9. The molecule has 31 heavy (non-hydrogen) atoms. The molecule has 0 saturated carbocycles. The van der Waals surface area contributed by atoms with Crippen molar-refractivity contribution in [3.8, 4) is 5.75 Å². The van der Waals surface area contributed by atoms with Gasteiger partial charge in [-0.1, -0.05) is 17.7 Å². The van der Waals surface area contributed by atoms with E-state index in [4.69, 9.17) is 20.8 Å². The maximum Gasteiger partial charge on any atom is 0.254 e. The van der Waals surface area contributed by atoms with E-state index in [9.17, 15) is 13.2 Å². The number of hydrogen-bond donors (Lipinski definition) is 1. The van der Waals surface area contributed by atoms with Gasteiger partial charge in [-0.15, -0.1) is 0 Å². The summed E-state index contributed by atoms with van der Waals surface area (Å²) in [7, 11) is -2.17. The van der Waals surface area contributed by atoms with Gasteiger partial charge in [0, 0.05) is 17.6 Å². The van der Waals surface area contributed by atoms with Gasteiger partial charge in [-0.25, -0.2) is 13.1 Å². The Morgan fingerprint density at radius 1 is 1.16 bits per heavy atom. The highest BCUT2D eigenvalue weighted by atomic mass is 35.5. The number of nitrogens with one attached hydrogen (secondary N) is 1. The molecule has 0 aliphatic rings. The number of benzene rings is 2. The minimum absolute atomic E-state index is 0.0128. The zero-order chi connectivity index (χ0) is 22.4. The van der Waals surface area contributed by atoms with Crippen molar-refractivity contribution in [3.63, 3.8) is 0 Å². The third-order valence-corrected chi connectivity index (χ3v) is 6.27. The predicted octanol–water partition coefficient (Wildman–Crippen LogP) is 3.87. The molecule has 0 saturated heterocycles. The van der Waals surface area contributed by atoms with Gasteiger partial charge in [-0.05, 0) is 61.0 Å². The van der Waals surface area contributed by atoms with E-state index in [0.717, 1.165) is 0 Å². The van der Waals surface area contributed by atoms with Crippen LogP contribution in [0.3, 0.4) is 0 Å². The maximum absolute atomic E-state index is 12.9. The fourth-order valence-corrected chi connectivity index (χ4v) is 3.94. The number of amides is 1. The third-order valence-electron chi connectivity index (χ3n) is 4.62. The van der Waals surface area contributed by atoms with Crippen molar-refractivity contribution in [2.24, 2.45) is 0 Å². The monoisotopic (exact) mass is 462 g/mol. The molecule has 9 heteroatoms. The highest BCUT2D eigenvalue weighted by Gasteiger charge is 2.20. The second-order valence-electron chi connectivity index (χ2n) is 6.91. The van der Waals surface area contributed by atoms with Gasteiger partial charge in [0.2, 0.25) is 10.0 Å². The summed E-state index contributed by atoms with van der Waals surface area (Å²) < 4.78 is 38.5. The van der Waals surface area contributed by atoms with Crippen molar-refractivity contribution in [1.29, 1.82) is 0 Å². The molecular formula is C22H23ClN2O5S. The van der Waals surface area contributed by atoms with E-state index in [1.807, 2.05) is 0 Å². The average Bonchev–Trinajstić information content (AvgIpc) is 3.27. The molecule has 0 spiro atoms. The van der Waals surface area contributed by atoms with E-state index >= 15 is 0 Å². The molecule has 0 atom stereocenters. The van der Waals surface area contributed by atoms with Crippen molar-refractivity contribution >= 4 is 27.5 Å². The summed E-state index contributed by atoms with van der Waals surface area (Å²) in [5.74, 6) is 0.852. The predicted molar refractivity (Wildman–Crippen MR) is 118 cm³/mol. The van der Waals surface area contributed by atoms with Crippen LogP contribution < -0.4 is 9.46 Å². The zero-order valence-corrected chi connectivity index (χ0v) is 18.7. The summed E-state index contributed by atoms with van der Waals surface area (Å²) in [6.07, 6.45) is 1.47. The van der Waals surface area contributed by atoms with Crippen LogP contribution in [0.4, 0.5) is 0 Å². The molecule has 0 aliphatic carbocycles. The number of furan rings is 1. The first-order valence-electron chi connectivity index (χ1n) is 9.53. The highest BCUT2D eigenvalue weighted by Crippen LogP contribution is 2.18. The largest absolute Gasteiger partial charge is 0.492 e. The second-order valence-corrected chi connectivity index (χ2v) is 9.11. The van der Waals surface area contributed by atoms with Crippen LogP contribution in [0.5, 0.6) is 5.75 Å². The Balaban J connectivity index is 1.65. The summed E-state index contributed by atoms with van der Waals surface area (Å²) in [6, 6.07) is 14.8. The molecule has 3 rings (SSSR count). The standard InChI is InChI=1S/C22H23ClN2O5S/c1-16-5-10-20(31(27,28)24-15-19-4-3-12-29-19)14-21(16)22(26)25(2)11-13-30-18-8-6-17(23)7-9-18/h3-10,12,14,24H,11,13,15H2,1-2H3. The quantitative estimate of drug-likeness (QED) is 0.521. The van der Waals surface area contributed by atoms with E-state index in [1.54, 1.807) is 56.4 Å². The number of likely N-dealkylation sites (N-methyl/N-ethyl adjacent to an activating group) is 1. The van der Waals surface area contributed by atoms with Crippen molar-refractivity contribution in [2.45, 2.75) is 18.4 Å². The van der Waals surface area contributed by atoms with Gasteiger partial charge in [-0.3, -0.25) is 4.79 Å². The minimum atomic E-state index is -3.81. The fourth-order valence-electron chi connectivity index (χ4n) is 2.80. The topological polar surface area (TPSA) is 88.8 Å². The SMILES string of the molecule is Cc1ccc(S(=O)(=O)NCc2ccco2)cc1C(=O)N(C)CCOc1ccc(Cl)cc1. The molecule has 1 heterocycles. The van der Waals surface area contributed by atoms with E-state index < -0.39 is 10.0 Å². The second kappa shape index (κ2) is 10.00. The molecule has 3 aromatic rings. The number of sulfonamides is 1. The third kappa shape index (κ3) is 6.10. The Morgan fingerprint density at radius 2 is 1.90 bits per heavy atom. The van der Waals surface area contributed by atoms with Crippen LogP contribution in [0.25, 0.3) is 0 Å². The van der Waals surface area contributed by atoms with Crippen molar-refractivity contribution in [2.75, 3.05) is 20.2 Å². The number of hydrogen-bond acceptors (Lipinski definition) is 5. The lowest BCUT2D eigenvalue weighted by atomic mass is 10.1. The van der Waals surface area contributed by atoms with Gasteiger partial charge in [0.1, 0.15) is 18.1 Å². The van der Waals surface area contributed by atoms with Crippen LogP contribution >= 0.6 is 11.6 Å². The Kier molecular flexibility index (Phi) is 7.37. The normalized spacial score (nSPS) is 11.3. The number of nitrogens with zero attached hydrogens (tertiary/aromatic N) is 1. The lowest BCUT2D eigenvalue weighted by molar-refractivity contribution is 0.0773. The number of rotatable bonds is 9. The minimum Gasteiger partial charge on any atom is -0.492 e. The number of aryl methyl sites for hydroxylation is 1. The van der Waals surface area contributed by atoms with Gasteiger partial charge in [0.15, 0.2) is 0 Å². The number of carbonyl (C=O) groups excluding carboxylic acids is 1. The molecule has 1 N–H and O–H groups in total. The van der Waals surface area contributed by atoms with Gasteiger partial charge < -0.3 is 14.1 Å². The molecule has 164 valence electrons. The van der Waals surface area contributed by atoms with E-state index in [1.165, 1.54) is 23.3 Å². The fraction of sp³-hybridized carbons (Fsp3) is 0.227. The van der Waals surface area contributed by atoms with Crippen LogP contribution in [-0.4, -0.2) is 39.4 Å². The number of halogens is 1. The lowest BCUT2D eigenvalue weighted by Crippen LogP contribution is -2.31. The van der Waals surface area contributed by atoms with Crippen LogP contribution in [0.15, 0.2) is 70.2 Å². The summed E-state index contributed by atoms with van der Waals surface area (Å²) in [5, 5.41) is 0.614. The number of carbonyl (C=O) groups is 1. The zero-order valence-electron chi connectivity index (χ0n) is 17.2. The lowest BCUT2D eigenvalue weighted by Gasteiger charge is -2.19. The Hall–Kier alpha value is -2.81. The van der Waals surface area contributed by atoms with Crippen LogP contribution in [-0.2, 0) is 16.6 Å². The maximum atomic E-state index is 12.9. The van der Waals surface area contributed by atoms with E-state index in [2.05, 4.69) is 4.72 Å². The first-order valence-corrected chi connectivity index (χ1v) is 11.4. The van der Waals surface area contributed by atoms with Crippen molar-refractivity contribution in [1.82, 2.24) is 9.62 Å². The Bertz CT molecular complexity index is 1130.